The van der Waals surface area contributed by atoms with Gasteiger partial charge in [0.25, 0.3) is 0 Å². The monoisotopic (exact) mass is 310 g/mol. The van der Waals surface area contributed by atoms with Gasteiger partial charge in [0.05, 0.1) is 0 Å². The van der Waals surface area contributed by atoms with E-state index in [1.165, 1.54) is 25.3 Å². The predicted octanol–water partition coefficient (Wildman–Crippen LogP) is 2.89. The fourth-order valence-electron chi connectivity index (χ4n) is 3.05. The molecule has 0 bridgehead atoms. The molecule has 120 valence electrons. The first kappa shape index (κ1) is 15.5. The largest absolute Gasteiger partial charge is 0.355 e. The Bertz CT molecular complexity index is 634. The SMILES string of the molecule is CC(=O)Nc1ccc(N2CCC(Cc3ccccc3)CC2)nn1. The molecule has 1 saturated heterocycles. The maximum Gasteiger partial charge on any atom is 0.222 e. The van der Waals surface area contributed by atoms with E-state index in [1.807, 2.05) is 6.07 Å². The van der Waals surface area contributed by atoms with Crippen LogP contribution in [0.4, 0.5) is 11.6 Å². The smallest absolute Gasteiger partial charge is 0.222 e. The number of hydrogen-bond acceptors (Lipinski definition) is 4. The van der Waals surface area contributed by atoms with Crippen molar-refractivity contribution in [3.05, 3.63) is 48.0 Å². The van der Waals surface area contributed by atoms with E-state index in [0.717, 1.165) is 31.2 Å². The second-order valence-electron chi connectivity index (χ2n) is 6.08. The van der Waals surface area contributed by atoms with E-state index in [1.54, 1.807) is 6.07 Å². The van der Waals surface area contributed by atoms with E-state index in [2.05, 4.69) is 50.7 Å². The fraction of sp³-hybridized carbons (Fsp3) is 0.389. The lowest BCUT2D eigenvalue weighted by Crippen LogP contribution is -2.35. The molecule has 0 saturated carbocycles. The summed E-state index contributed by atoms with van der Waals surface area (Å²) in [5.74, 6) is 1.99. The van der Waals surface area contributed by atoms with Crippen molar-refractivity contribution < 1.29 is 4.79 Å². The molecule has 1 aromatic heterocycles. The van der Waals surface area contributed by atoms with Crippen LogP contribution in [0.5, 0.6) is 0 Å². The number of carbonyl (C=O) groups excluding carboxylic acids is 1. The summed E-state index contributed by atoms with van der Waals surface area (Å²) in [5.41, 5.74) is 1.42. The first-order valence-corrected chi connectivity index (χ1v) is 8.11. The van der Waals surface area contributed by atoms with Crippen molar-refractivity contribution >= 4 is 17.5 Å². The number of hydrogen-bond donors (Lipinski definition) is 1. The Balaban J connectivity index is 1.53. The second kappa shape index (κ2) is 7.22. The zero-order valence-corrected chi connectivity index (χ0v) is 13.4. The highest BCUT2D eigenvalue weighted by atomic mass is 16.1. The number of nitrogens with one attached hydrogen (secondary N) is 1. The third-order valence-electron chi connectivity index (χ3n) is 4.26. The molecule has 2 heterocycles. The molecule has 5 heteroatoms. The van der Waals surface area contributed by atoms with Gasteiger partial charge in [-0.15, -0.1) is 10.2 Å². The van der Waals surface area contributed by atoms with E-state index in [-0.39, 0.29) is 5.91 Å². The van der Waals surface area contributed by atoms with Gasteiger partial charge in [0.1, 0.15) is 0 Å². The van der Waals surface area contributed by atoms with Crippen LogP contribution in [0.15, 0.2) is 42.5 Å². The van der Waals surface area contributed by atoms with Gasteiger partial charge in [-0.3, -0.25) is 4.79 Å². The standard InChI is InChI=1S/C18H22N4O/c1-14(23)19-17-7-8-18(21-20-17)22-11-9-16(10-12-22)13-15-5-3-2-4-6-15/h2-8,16H,9-13H2,1H3,(H,19,20,23). The number of nitrogens with zero attached hydrogens (tertiary/aromatic N) is 3. The van der Waals surface area contributed by atoms with Gasteiger partial charge in [-0.1, -0.05) is 30.3 Å². The van der Waals surface area contributed by atoms with Crippen LogP contribution in [0.2, 0.25) is 0 Å². The van der Waals surface area contributed by atoms with Crippen LogP contribution < -0.4 is 10.2 Å². The molecule has 1 fully saturated rings. The van der Waals surface area contributed by atoms with E-state index in [4.69, 9.17) is 0 Å². The molecule has 1 aliphatic rings. The van der Waals surface area contributed by atoms with Gasteiger partial charge in [-0.05, 0) is 42.9 Å². The number of benzene rings is 1. The molecule has 3 rings (SSSR count). The zero-order valence-electron chi connectivity index (χ0n) is 13.4. The van der Waals surface area contributed by atoms with Crippen molar-refractivity contribution in [2.45, 2.75) is 26.2 Å². The summed E-state index contributed by atoms with van der Waals surface area (Å²) >= 11 is 0. The summed E-state index contributed by atoms with van der Waals surface area (Å²) in [6.07, 6.45) is 3.50. The lowest BCUT2D eigenvalue weighted by Gasteiger charge is -2.32. The predicted molar refractivity (Wildman–Crippen MR) is 91.4 cm³/mol. The van der Waals surface area contributed by atoms with Crippen LogP contribution in [0.25, 0.3) is 0 Å². The van der Waals surface area contributed by atoms with Crippen LogP contribution in [-0.4, -0.2) is 29.2 Å². The van der Waals surface area contributed by atoms with Gasteiger partial charge in [0, 0.05) is 20.0 Å². The Morgan fingerprint density at radius 3 is 2.48 bits per heavy atom. The molecule has 0 radical (unpaired) electrons. The van der Waals surface area contributed by atoms with Crippen molar-refractivity contribution in [3.63, 3.8) is 0 Å². The number of amides is 1. The van der Waals surface area contributed by atoms with Crippen molar-refractivity contribution in [3.8, 4) is 0 Å². The molecule has 1 N–H and O–H groups in total. The Labute approximate surface area is 136 Å². The topological polar surface area (TPSA) is 58.1 Å². The third-order valence-corrected chi connectivity index (χ3v) is 4.26. The fourth-order valence-corrected chi connectivity index (χ4v) is 3.05. The number of aromatic nitrogens is 2. The number of carbonyl (C=O) groups is 1. The summed E-state index contributed by atoms with van der Waals surface area (Å²) in [4.78, 5) is 13.3. The lowest BCUT2D eigenvalue weighted by atomic mass is 9.90. The lowest BCUT2D eigenvalue weighted by molar-refractivity contribution is -0.114. The van der Waals surface area contributed by atoms with E-state index < -0.39 is 0 Å². The zero-order chi connectivity index (χ0) is 16.1. The molecule has 0 aliphatic carbocycles. The molecule has 0 spiro atoms. The Hall–Kier alpha value is -2.43. The number of anilines is 2. The third kappa shape index (κ3) is 4.28. The highest BCUT2D eigenvalue weighted by Crippen LogP contribution is 2.24. The summed E-state index contributed by atoms with van der Waals surface area (Å²) in [6, 6.07) is 14.4. The van der Waals surface area contributed by atoms with Gasteiger partial charge in [0.2, 0.25) is 5.91 Å². The molecule has 0 unspecified atom stereocenters. The van der Waals surface area contributed by atoms with Crippen molar-refractivity contribution in [1.82, 2.24) is 10.2 Å². The maximum atomic E-state index is 11.0. The van der Waals surface area contributed by atoms with E-state index in [9.17, 15) is 4.79 Å². The van der Waals surface area contributed by atoms with Crippen LogP contribution in [0, 0.1) is 5.92 Å². The summed E-state index contributed by atoms with van der Waals surface area (Å²) in [6.45, 7) is 3.48. The van der Waals surface area contributed by atoms with Gasteiger partial charge < -0.3 is 10.2 Å². The minimum Gasteiger partial charge on any atom is -0.355 e. The minimum absolute atomic E-state index is 0.131. The second-order valence-corrected chi connectivity index (χ2v) is 6.08. The normalized spacial score (nSPS) is 15.4. The average Bonchev–Trinajstić information content (AvgIpc) is 2.57. The van der Waals surface area contributed by atoms with Gasteiger partial charge in [0.15, 0.2) is 11.6 Å². The summed E-state index contributed by atoms with van der Waals surface area (Å²) in [7, 11) is 0. The Morgan fingerprint density at radius 2 is 1.87 bits per heavy atom. The molecular formula is C18H22N4O. The quantitative estimate of drug-likeness (QED) is 0.943. The maximum absolute atomic E-state index is 11.0. The van der Waals surface area contributed by atoms with E-state index in [0.29, 0.717) is 5.82 Å². The number of rotatable bonds is 4. The number of piperidine rings is 1. The van der Waals surface area contributed by atoms with E-state index >= 15 is 0 Å². The molecule has 2 aromatic rings. The van der Waals surface area contributed by atoms with Crippen LogP contribution in [0.1, 0.15) is 25.3 Å². The van der Waals surface area contributed by atoms with Crippen molar-refractivity contribution in [2.75, 3.05) is 23.3 Å². The average molecular weight is 310 g/mol. The van der Waals surface area contributed by atoms with Gasteiger partial charge >= 0.3 is 0 Å². The van der Waals surface area contributed by atoms with Gasteiger partial charge in [-0.2, -0.15) is 0 Å². The minimum atomic E-state index is -0.131. The first-order chi connectivity index (χ1) is 11.2. The van der Waals surface area contributed by atoms with Crippen molar-refractivity contribution in [2.24, 2.45) is 5.92 Å². The summed E-state index contributed by atoms with van der Waals surface area (Å²) in [5, 5.41) is 10.9. The molecule has 1 aromatic carbocycles. The first-order valence-electron chi connectivity index (χ1n) is 8.11. The molecule has 23 heavy (non-hydrogen) atoms. The van der Waals surface area contributed by atoms with Crippen LogP contribution in [-0.2, 0) is 11.2 Å². The van der Waals surface area contributed by atoms with Crippen LogP contribution in [0.3, 0.4) is 0 Å². The van der Waals surface area contributed by atoms with Crippen LogP contribution >= 0.6 is 0 Å². The summed E-state index contributed by atoms with van der Waals surface area (Å²) < 4.78 is 0. The van der Waals surface area contributed by atoms with Crippen molar-refractivity contribution in [1.29, 1.82) is 0 Å². The molecule has 1 aliphatic heterocycles. The Morgan fingerprint density at radius 1 is 1.13 bits per heavy atom. The highest BCUT2D eigenvalue weighted by Gasteiger charge is 2.20. The molecular weight excluding hydrogens is 288 g/mol. The highest BCUT2D eigenvalue weighted by molar-refractivity contribution is 5.87. The van der Waals surface area contributed by atoms with Gasteiger partial charge in [-0.25, -0.2) is 0 Å². The Kier molecular flexibility index (Phi) is 4.86. The molecule has 0 atom stereocenters. The molecule has 5 nitrogen and oxygen atoms in total. The molecule has 1 amide bonds.